The summed E-state index contributed by atoms with van der Waals surface area (Å²) in [6, 6.07) is 11.2. The van der Waals surface area contributed by atoms with Crippen molar-refractivity contribution >= 4 is 11.8 Å². The Balaban J connectivity index is 1.51. The maximum absolute atomic E-state index is 5.70. The standard InChI is InChI=1S/C16H15N3O3S/c1-20-13-4-2-3-5-14(13)21-10-11-23-16-19-18-15(22-16)12-6-8-17-9-7-12/h2-9H,10-11H2,1H3. The van der Waals surface area contributed by atoms with Crippen molar-refractivity contribution in [3.05, 3.63) is 48.8 Å². The van der Waals surface area contributed by atoms with Crippen LogP contribution in [0.1, 0.15) is 0 Å². The van der Waals surface area contributed by atoms with E-state index in [0.29, 0.717) is 23.5 Å². The molecule has 0 aliphatic rings. The van der Waals surface area contributed by atoms with Crippen LogP contribution >= 0.6 is 11.8 Å². The molecule has 0 atom stereocenters. The quantitative estimate of drug-likeness (QED) is 0.486. The molecule has 0 spiro atoms. The molecule has 0 amide bonds. The van der Waals surface area contributed by atoms with E-state index in [1.54, 1.807) is 19.5 Å². The third kappa shape index (κ3) is 4.01. The number of hydrogen-bond donors (Lipinski definition) is 0. The van der Waals surface area contributed by atoms with E-state index in [1.165, 1.54) is 11.8 Å². The second-order valence-electron chi connectivity index (χ2n) is 4.46. The van der Waals surface area contributed by atoms with Crippen LogP contribution in [0.25, 0.3) is 11.5 Å². The lowest BCUT2D eigenvalue weighted by atomic mass is 10.3. The summed E-state index contributed by atoms with van der Waals surface area (Å²) in [4.78, 5) is 3.96. The highest BCUT2D eigenvalue weighted by Gasteiger charge is 2.09. The lowest BCUT2D eigenvalue weighted by Crippen LogP contribution is -2.01. The number of aromatic nitrogens is 3. The smallest absolute Gasteiger partial charge is 0.276 e. The highest BCUT2D eigenvalue weighted by atomic mass is 32.2. The van der Waals surface area contributed by atoms with Gasteiger partial charge in [-0.25, -0.2) is 0 Å². The number of benzene rings is 1. The van der Waals surface area contributed by atoms with Gasteiger partial charge in [-0.2, -0.15) is 0 Å². The molecule has 2 aromatic heterocycles. The minimum Gasteiger partial charge on any atom is -0.493 e. The second-order valence-corrected chi connectivity index (χ2v) is 5.50. The van der Waals surface area contributed by atoms with E-state index in [1.807, 2.05) is 36.4 Å². The van der Waals surface area contributed by atoms with E-state index in [4.69, 9.17) is 13.9 Å². The highest BCUT2D eigenvalue weighted by Crippen LogP contribution is 2.26. The van der Waals surface area contributed by atoms with Gasteiger partial charge >= 0.3 is 0 Å². The number of ether oxygens (including phenoxy) is 2. The van der Waals surface area contributed by atoms with E-state index < -0.39 is 0 Å². The second kappa shape index (κ2) is 7.64. The molecular weight excluding hydrogens is 314 g/mol. The number of rotatable bonds is 7. The van der Waals surface area contributed by atoms with Gasteiger partial charge in [0.1, 0.15) is 0 Å². The van der Waals surface area contributed by atoms with Crippen molar-refractivity contribution in [2.75, 3.05) is 19.5 Å². The summed E-state index contributed by atoms with van der Waals surface area (Å²) < 4.78 is 16.5. The molecule has 0 aliphatic heterocycles. The Bertz CT molecular complexity index is 749. The van der Waals surface area contributed by atoms with Crippen LogP contribution in [0.5, 0.6) is 11.5 Å². The van der Waals surface area contributed by atoms with Crippen molar-refractivity contribution in [3.8, 4) is 23.0 Å². The monoisotopic (exact) mass is 329 g/mol. The first-order valence-corrected chi connectivity index (χ1v) is 7.98. The van der Waals surface area contributed by atoms with Crippen LogP contribution in [0, 0.1) is 0 Å². The van der Waals surface area contributed by atoms with Crippen LogP contribution in [-0.4, -0.2) is 34.7 Å². The molecule has 1 aromatic carbocycles. The fourth-order valence-electron chi connectivity index (χ4n) is 1.90. The Labute approximate surface area is 137 Å². The van der Waals surface area contributed by atoms with Gasteiger partial charge in [-0.3, -0.25) is 4.98 Å². The summed E-state index contributed by atoms with van der Waals surface area (Å²) >= 11 is 1.45. The van der Waals surface area contributed by atoms with Gasteiger partial charge in [0, 0.05) is 23.7 Å². The first-order chi connectivity index (χ1) is 11.4. The Hall–Kier alpha value is -2.54. The number of para-hydroxylation sites is 2. The summed E-state index contributed by atoms with van der Waals surface area (Å²) in [6.45, 7) is 0.512. The molecule has 0 aliphatic carbocycles. The van der Waals surface area contributed by atoms with Gasteiger partial charge in [-0.1, -0.05) is 23.9 Å². The van der Waals surface area contributed by atoms with Crippen LogP contribution in [0.15, 0.2) is 58.4 Å². The van der Waals surface area contributed by atoms with Crippen LogP contribution in [-0.2, 0) is 0 Å². The van der Waals surface area contributed by atoms with Crippen molar-refractivity contribution in [2.24, 2.45) is 0 Å². The number of thioether (sulfide) groups is 1. The molecule has 0 unspecified atom stereocenters. The zero-order chi connectivity index (χ0) is 15.9. The van der Waals surface area contributed by atoms with Gasteiger partial charge in [0.2, 0.25) is 5.89 Å². The third-order valence-corrected chi connectivity index (χ3v) is 3.75. The largest absolute Gasteiger partial charge is 0.493 e. The highest BCUT2D eigenvalue weighted by molar-refractivity contribution is 7.99. The molecule has 7 heteroatoms. The molecule has 6 nitrogen and oxygen atoms in total. The van der Waals surface area contributed by atoms with Crippen molar-refractivity contribution in [1.82, 2.24) is 15.2 Å². The first-order valence-electron chi connectivity index (χ1n) is 6.99. The molecule has 23 heavy (non-hydrogen) atoms. The van der Waals surface area contributed by atoms with Crippen molar-refractivity contribution < 1.29 is 13.9 Å². The lowest BCUT2D eigenvalue weighted by Gasteiger charge is -2.09. The van der Waals surface area contributed by atoms with Crippen LogP contribution < -0.4 is 9.47 Å². The lowest BCUT2D eigenvalue weighted by molar-refractivity contribution is 0.313. The summed E-state index contributed by atoms with van der Waals surface area (Å²) in [7, 11) is 1.62. The average molecular weight is 329 g/mol. The third-order valence-electron chi connectivity index (χ3n) is 2.97. The molecule has 0 saturated heterocycles. The minimum atomic E-state index is 0.487. The molecular formula is C16H15N3O3S. The van der Waals surface area contributed by atoms with E-state index in [9.17, 15) is 0 Å². The zero-order valence-corrected chi connectivity index (χ0v) is 13.3. The Kier molecular flexibility index (Phi) is 5.10. The SMILES string of the molecule is COc1ccccc1OCCSc1nnc(-c2ccncc2)o1. The van der Waals surface area contributed by atoms with E-state index in [-0.39, 0.29) is 0 Å². The minimum absolute atomic E-state index is 0.487. The van der Waals surface area contributed by atoms with Gasteiger partial charge in [0.25, 0.3) is 5.22 Å². The fourth-order valence-corrected chi connectivity index (χ4v) is 2.48. The zero-order valence-electron chi connectivity index (χ0n) is 12.5. The van der Waals surface area contributed by atoms with Gasteiger partial charge in [0.05, 0.1) is 13.7 Å². The summed E-state index contributed by atoms with van der Waals surface area (Å²) in [5.41, 5.74) is 0.852. The maximum Gasteiger partial charge on any atom is 0.276 e. The first kappa shape index (κ1) is 15.4. The molecule has 118 valence electrons. The average Bonchev–Trinajstić information content (AvgIpc) is 3.09. The molecule has 3 rings (SSSR count). The molecule has 0 fully saturated rings. The summed E-state index contributed by atoms with van der Waals surface area (Å²) in [5, 5.41) is 8.56. The molecule has 3 aromatic rings. The Morgan fingerprint density at radius 3 is 2.61 bits per heavy atom. The van der Waals surface area contributed by atoms with E-state index in [2.05, 4.69) is 15.2 Å². The molecule has 0 bridgehead atoms. The fraction of sp³-hybridized carbons (Fsp3) is 0.188. The van der Waals surface area contributed by atoms with Crippen LogP contribution in [0.4, 0.5) is 0 Å². The number of pyridine rings is 1. The number of methoxy groups -OCH3 is 1. The molecule has 0 saturated carbocycles. The predicted molar refractivity (Wildman–Crippen MR) is 86.7 cm³/mol. The Morgan fingerprint density at radius 2 is 1.83 bits per heavy atom. The molecule has 0 radical (unpaired) electrons. The van der Waals surface area contributed by atoms with Crippen molar-refractivity contribution in [1.29, 1.82) is 0 Å². The molecule has 0 N–H and O–H groups in total. The number of nitrogens with zero attached hydrogens (tertiary/aromatic N) is 3. The van der Waals surface area contributed by atoms with Gasteiger partial charge in [-0.05, 0) is 24.3 Å². The topological polar surface area (TPSA) is 70.3 Å². The maximum atomic E-state index is 5.70. The summed E-state index contributed by atoms with van der Waals surface area (Å²) in [6.07, 6.45) is 3.38. The number of hydrogen-bond acceptors (Lipinski definition) is 7. The van der Waals surface area contributed by atoms with Crippen molar-refractivity contribution in [3.63, 3.8) is 0 Å². The van der Waals surface area contributed by atoms with Crippen LogP contribution in [0.3, 0.4) is 0 Å². The molecule has 2 heterocycles. The van der Waals surface area contributed by atoms with Crippen molar-refractivity contribution in [2.45, 2.75) is 5.22 Å². The van der Waals surface area contributed by atoms with Gasteiger partial charge in [0.15, 0.2) is 11.5 Å². The van der Waals surface area contributed by atoms with Gasteiger partial charge in [-0.15, -0.1) is 10.2 Å². The van der Waals surface area contributed by atoms with Gasteiger partial charge < -0.3 is 13.9 Å². The van der Waals surface area contributed by atoms with E-state index in [0.717, 1.165) is 17.1 Å². The summed E-state index contributed by atoms with van der Waals surface area (Å²) in [5.74, 6) is 2.62. The van der Waals surface area contributed by atoms with Crippen LogP contribution in [0.2, 0.25) is 0 Å². The Morgan fingerprint density at radius 1 is 1.04 bits per heavy atom. The van der Waals surface area contributed by atoms with E-state index >= 15 is 0 Å². The predicted octanol–water partition coefficient (Wildman–Crippen LogP) is 3.31. The normalized spacial score (nSPS) is 10.5.